The molecule has 4 aromatic carbocycles. The fourth-order valence-corrected chi connectivity index (χ4v) is 7.24. The van der Waals surface area contributed by atoms with Crippen LogP contribution in [0.4, 0.5) is 0 Å². The van der Waals surface area contributed by atoms with Crippen molar-refractivity contribution in [1.82, 2.24) is 0 Å². The molecular weight excluding hydrogens is 689 g/mol. The van der Waals surface area contributed by atoms with E-state index in [9.17, 15) is 9.59 Å². The second-order valence-corrected chi connectivity index (χ2v) is 14.5. The van der Waals surface area contributed by atoms with Gasteiger partial charge >= 0.3 is 0 Å². The smallest absolute Gasteiger partial charge is 0.193 e. The highest BCUT2D eigenvalue weighted by Gasteiger charge is 2.15. The van der Waals surface area contributed by atoms with Crippen molar-refractivity contribution >= 4 is 11.6 Å². The molecule has 21 rings (SSSR count). The van der Waals surface area contributed by atoms with Crippen LogP contribution in [0.25, 0.3) is 22.3 Å². The number of carbonyl (C=O) groups excluding carboxylic acids is 2. The molecule has 0 amide bonds. The zero-order valence-corrected chi connectivity index (χ0v) is 30.9. The van der Waals surface area contributed by atoms with Gasteiger partial charge in [0.2, 0.25) is 0 Å². The summed E-state index contributed by atoms with van der Waals surface area (Å²) >= 11 is 0. The molecule has 0 saturated carbocycles. The molecule has 0 saturated heterocycles. The average Bonchev–Trinajstić information content (AvgIpc) is 3.25. The van der Waals surface area contributed by atoms with Crippen LogP contribution in [0.5, 0.6) is 0 Å². The van der Waals surface area contributed by atoms with Crippen molar-refractivity contribution in [3.05, 3.63) is 240 Å². The molecule has 0 fully saturated rings. The summed E-state index contributed by atoms with van der Waals surface area (Å²) in [6.07, 6.45) is 16.7. The summed E-state index contributed by atoms with van der Waals surface area (Å²) < 4.78 is 8.57. The van der Waals surface area contributed by atoms with Gasteiger partial charge in [-0.3, -0.25) is 9.59 Å². The SMILES string of the molecule is O=C1c2ccc(cc2)C[n+]2ccc(cc2)-c2cc[n+](cc2)Cc2ccc(cc2)C(=O)c2ccc(cc2)C[n+]2ccc(cc2)-c2cc[n+](cc2)Cc2ccc1cc2. The van der Waals surface area contributed by atoms with Crippen LogP contribution in [0.15, 0.2) is 195 Å². The number of rotatable bonds is 0. The minimum Gasteiger partial charge on any atom is -0.289 e. The maximum atomic E-state index is 13.4. The fourth-order valence-electron chi connectivity index (χ4n) is 7.24. The summed E-state index contributed by atoms with van der Waals surface area (Å²) in [5.74, 6) is 0.0406. The van der Waals surface area contributed by atoms with E-state index in [-0.39, 0.29) is 11.6 Å². The lowest BCUT2D eigenvalue weighted by Gasteiger charge is -2.06. The Balaban J connectivity index is 0.969. The first-order chi connectivity index (χ1) is 27.5. The molecule has 13 aliphatic rings. The number of ketones is 2. The second-order valence-electron chi connectivity index (χ2n) is 14.5. The second kappa shape index (κ2) is 15.3. The summed E-state index contributed by atoms with van der Waals surface area (Å²) in [6.45, 7) is 2.83. The van der Waals surface area contributed by atoms with E-state index in [1.54, 1.807) is 0 Å². The summed E-state index contributed by atoms with van der Waals surface area (Å²) in [7, 11) is 0. The maximum Gasteiger partial charge on any atom is 0.193 e. The third-order valence-electron chi connectivity index (χ3n) is 10.6. The van der Waals surface area contributed by atoms with Crippen LogP contribution in [0.3, 0.4) is 0 Å². The van der Waals surface area contributed by atoms with Gasteiger partial charge in [-0.25, -0.2) is 18.3 Å². The lowest BCUT2D eigenvalue weighted by atomic mass is 10.0. The topological polar surface area (TPSA) is 49.7 Å². The van der Waals surface area contributed by atoms with Crippen molar-refractivity contribution in [2.24, 2.45) is 0 Å². The van der Waals surface area contributed by atoms with E-state index in [1.807, 2.05) is 97.1 Å². The van der Waals surface area contributed by atoms with Crippen molar-refractivity contribution in [2.75, 3.05) is 0 Å². The molecule has 0 N–H and O–H groups in total. The Kier molecular flexibility index (Phi) is 9.44. The number of benzene rings is 4. The van der Waals surface area contributed by atoms with E-state index in [4.69, 9.17) is 0 Å². The molecule has 0 radical (unpaired) electrons. The quantitative estimate of drug-likeness (QED) is 0.156. The van der Waals surface area contributed by atoms with Crippen LogP contribution in [0.2, 0.25) is 0 Å². The Hall–Kier alpha value is -7.18. The van der Waals surface area contributed by atoms with Crippen molar-refractivity contribution in [2.45, 2.75) is 26.2 Å². The highest BCUT2D eigenvalue weighted by Crippen LogP contribution is 2.19. The van der Waals surface area contributed by atoms with E-state index in [0.717, 1.165) is 44.5 Å². The average molecular weight is 729 g/mol. The molecule has 268 valence electrons. The summed E-state index contributed by atoms with van der Waals surface area (Å²) in [4.78, 5) is 26.7. The van der Waals surface area contributed by atoms with Crippen molar-refractivity contribution in [3.8, 4) is 22.3 Å². The first kappa shape index (κ1) is 34.6. The molecule has 0 aliphatic carbocycles. The van der Waals surface area contributed by atoms with Gasteiger partial charge in [-0.15, -0.1) is 0 Å². The Morgan fingerprint density at radius 3 is 0.589 bits per heavy atom. The molecule has 56 heavy (non-hydrogen) atoms. The van der Waals surface area contributed by atoms with Gasteiger partial charge < -0.3 is 0 Å². The van der Waals surface area contributed by atoms with Gasteiger partial charge in [0.15, 0.2) is 87.3 Å². The van der Waals surface area contributed by atoms with Crippen LogP contribution >= 0.6 is 0 Å². The monoisotopic (exact) mass is 728 g/mol. The summed E-state index contributed by atoms with van der Waals surface area (Å²) in [6, 6.07) is 48.7. The Morgan fingerprint density at radius 1 is 0.232 bits per heavy atom. The van der Waals surface area contributed by atoms with Gasteiger partial charge in [0.1, 0.15) is 0 Å². The fraction of sp³-hybridized carbons (Fsp3) is 0.0800. The van der Waals surface area contributed by atoms with Gasteiger partial charge in [-0.05, 0) is 22.3 Å². The molecule has 6 nitrogen and oxygen atoms in total. The molecule has 17 heterocycles. The molecule has 8 aromatic rings. The molecule has 0 atom stereocenters. The molecule has 4 aromatic heterocycles. The number of pyridine rings is 4. The predicted octanol–water partition coefficient (Wildman–Crippen LogP) is 7.14. The van der Waals surface area contributed by atoms with Crippen LogP contribution < -0.4 is 18.3 Å². The van der Waals surface area contributed by atoms with E-state index < -0.39 is 0 Å². The minimum absolute atomic E-state index is 0.0203. The van der Waals surface area contributed by atoms with E-state index >= 15 is 0 Å². The van der Waals surface area contributed by atoms with Gasteiger partial charge in [-0.1, -0.05) is 97.1 Å². The van der Waals surface area contributed by atoms with Gasteiger partial charge in [0, 0.05) is 93.0 Å². The third kappa shape index (κ3) is 7.72. The highest BCUT2D eigenvalue weighted by atomic mass is 16.1. The van der Waals surface area contributed by atoms with E-state index in [1.165, 1.54) is 0 Å². The van der Waals surface area contributed by atoms with E-state index in [2.05, 4.69) is 116 Å². The largest absolute Gasteiger partial charge is 0.289 e. The van der Waals surface area contributed by atoms with E-state index in [0.29, 0.717) is 48.4 Å². The number of hydrogen-bond acceptors (Lipinski definition) is 2. The zero-order chi connectivity index (χ0) is 37.8. The number of aromatic nitrogens is 4. The standard InChI is InChI=1S/C50H40N4O2/c55-49-45-9-1-37(2-10-45)33-51-25-17-41(18-26-51)42-19-27-53(28-20-42)35-39-5-13-47(14-6-39)50(56)48-15-7-40(8-16-48)36-54-31-23-44(24-32-54)43-21-29-52(30-22-43)34-38-3-11-46(49)12-4-38/h1-32H,33-36H2/q+4. The predicted molar refractivity (Wildman–Crippen MR) is 214 cm³/mol. The maximum absolute atomic E-state index is 13.4. The van der Waals surface area contributed by atoms with Crippen LogP contribution in [-0.4, -0.2) is 11.6 Å². The molecule has 13 aliphatic heterocycles. The normalized spacial score (nSPS) is 12.8. The zero-order valence-electron chi connectivity index (χ0n) is 30.9. The van der Waals surface area contributed by atoms with Crippen molar-refractivity contribution in [3.63, 3.8) is 0 Å². The number of nitrogens with zero attached hydrogens (tertiary/aromatic N) is 4. The first-order valence-corrected chi connectivity index (χ1v) is 18.9. The highest BCUT2D eigenvalue weighted by molar-refractivity contribution is 6.09. The van der Waals surface area contributed by atoms with Crippen LogP contribution in [-0.2, 0) is 26.2 Å². The number of carbonyl (C=O) groups is 2. The lowest BCUT2D eigenvalue weighted by molar-refractivity contribution is -0.688. The molecule has 0 unspecified atom stereocenters. The van der Waals surface area contributed by atoms with Crippen LogP contribution in [0.1, 0.15) is 54.1 Å². The number of hydrogen-bond donors (Lipinski definition) is 0. The lowest BCUT2D eigenvalue weighted by Crippen LogP contribution is -2.33. The molecule has 6 heteroatoms. The Bertz CT molecular complexity index is 2260. The summed E-state index contributed by atoms with van der Waals surface area (Å²) in [5, 5.41) is 0. The Morgan fingerprint density at radius 2 is 0.411 bits per heavy atom. The Labute approximate surface area is 326 Å². The molecule has 0 spiro atoms. The van der Waals surface area contributed by atoms with Crippen molar-refractivity contribution < 1.29 is 27.9 Å². The van der Waals surface area contributed by atoms with Gasteiger partial charge in [0.05, 0.1) is 0 Å². The van der Waals surface area contributed by atoms with Gasteiger partial charge in [0.25, 0.3) is 0 Å². The van der Waals surface area contributed by atoms with Crippen LogP contribution in [0, 0.1) is 0 Å². The molecular formula is C50H40N4O2+4. The first-order valence-electron chi connectivity index (χ1n) is 18.9. The van der Waals surface area contributed by atoms with Gasteiger partial charge in [-0.2, -0.15) is 0 Å². The minimum atomic E-state index is 0.0203. The van der Waals surface area contributed by atoms with Crippen molar-refractivity contribution in [1.29, 1.82) is 0 Å². The molecule has 16 bridgehead atoms. The summed E-state index contributed by atoms with van der Waals surface area (Å²) in [5.41, 5.74) is 11.8. The third-order valence-corrected chi connectivity index (χ3v) is 10.6.